The van der Waals surface area contributed by atoms with Gasteiger partial charge in [0.15, 0.2) is 0 Å². The maximum absolute atomic E-state index is 9.94. The minimum atomic E-state index is -1.42. The molecule has 0 aliphatic carbocycles. The molecule has 2 nitrogen and oxygen atoms in total. The molecule has 0 spiro atoms. The Balaban J connectivity index is 2.21. The number of benzene rings is 2. The van der Waals surface area contributed by atoms with Gasteiger partial charge < -0.3 is 9.67 Å². The molecule has 1 N–H and O–H groups in total. The van der Waals surface area contributed by atoms with Gasteiger partial charge in [-0.1, -0.05) is 50.7 Å². The van der Waals surface area contributed by atoms with Crippen molar-refractivity contribution in [2.45, 2.75) is 65.4 Å². The Bertz CT molecular complexity index is 1080. The molecule has 0 saturated carbocycles. The largest absolute Gasteiger partial charge is 0.378 e. The normalized spacial score (nSPS) is 11.8. The molecule has 150 valence electrons. The summed E-state index contributed by atoms with van der Waals surface area (Å²) in [4.78, 5) is 0. The number of rotatable bonds is 3. The van der Waals surface area contributed by atoms with E-state index in [4.69, 9.17) is 0 Å². The predicted molar refractivity (Wildman–Crippen MR) is 128 cm³/mol. The lowest BCUT2D eigenvalue weighted by Gasteiger charge is -2.07. The molecule has 0 fully saturated rings. The summed E-state index contributed by atoms with van der Waals surface area (Å²) in [6.45, 7) is 13.4. The SMILES string of the molecule is CCCCn1c2ccc(C#CC(C)(C)O)cc2c2cc(C#C[Si](C)(C)C)ccc21. The summed E-state index contributed by atoms with van der Waals surface area (Å²) in [5, 5.41) is 12.4. The van der Waals surface area contributed by atoms with Crippen LogP contribution in [0.1, 0.15) is 44.7 Å². The molecular weight excluding hydrogens is 370 g/mol. The Hall–Kier alpha value is -2.46. The van der Waals surface area contributed by atoms with Gasteiger partial charge in [-0.3, -0.25) is 0 Å². The van der Waals surface area contributed by atoms with Crippen molar-refractivity contribution in [2.24, 2.45) is 0 Å². The van der Waals surface area contributed by atoms with Gasteiger partial charge >= 0.3 is 0 Å². The van der Waals surface area contributed by atoms with E-state index in [9.17, 15) is 5.11 Å². The van der Waals surface area contributed by atoms with E-state index in [-0.39, 0.29) is 0 Å². The van der Waals surface area contributed by atoms with Crippen molar-refractivity contribution in [2.75, 3.05) is 0 Å². The van der Waals surface area contributed by atoms with Crippen molar-refractivity contribution in [3.05, 3.63) is 47.5 Å². The first-order chi connectivity index (χ1) is 13.6. The highest BCUT2D eigenvalue weighted by atomic mass is 28.3. The van der Waals surface area contributed by atoms with E-state index in [0.717, 1.165) is 30.5 Å². The number of fused-ring (bicyclic) bond motifs is 3. The lowest BCUT2D eigenvalue weighted by molar-refractivity contribution is 0.143. The number of aliphatic hydroxyl groups is 1. The second-order valence-corrected chi connectivity index (χ2v) is 14.0. The van der Waals surface area contributed by atoms with Gasteiger partial charge in [-0.2, -0.15) is 0 Å². The molecule has 3 aromatic rings. The van der Waals surface area contributed by atoms with Crippen LogP contribution in [0.2, 0.25) is 19.6 Å². The Morgan fingerprint density at radius 2 is 1.48 bits per heavy atom. The average Bonchev–Trinajstić information content (AvgIpc) is 2.94. The van der Waals surface area contributed by atoms with Crippen molar-refractivity contribution in [1.82, 2.24) is 4.57 Å². The van der Waals surface area contributed by atoms with Gasteiger partial charge in [-0.05, 0) is 56.7 Å². The number of hydrogen-bond acceptors (Lipinski definition) is 1. The van der Waals surface area contributed by atoms with Crippen molar-refractivity contribution in [3.8, 4) is 23.3 Å². The van der Waals surface area contributed by atoms with Crippen LogP contribution in [-0.2, 0) is 6.54 Å². The smallest absolute Gasteiger partial charge is 0.129 e. The molecular formula is C26H31NOSi. The summed E-state index contributed by atoms with van der Waals surface area (Å²) in [7, 11) is -1.42. The second-order valence-electron chi connectivity index (χ2n) is 9.28. The molecule has 2 aromatic carbocycles. The van der Waals surface area contributed by atoms with Crippen LogP contribution >= 0.6 is 0 Å². The topological polar surface area (TPSA) is 25.2 Å². The quantitative estimate of drug-likeness (QED) is 0.426. The minimum Gasteiger partial charge on any atom is -0.378 e. The number of nitrogens with zero attached hydrogens (tertiary/aromatic N) is 1. The lowest BCUT2D eigenvalue weighted by Crippen LogP contribution is -2.16. The Labute approximate surface area is 175 Å². The van der Waals surface area contributed by atoms with Crippen LogP contribution in [0.4, 0.5) is 0 Å². The molecule has 0 aliphatic rings. The predicted octanol–water partition coefficient (Wildman–Crippen LogP) is 5.95. The van der Waals surface area contributed by atoms with Gasteiger partial charge in [0.2, 0.25) is 0 Å². The van der Waals surface area contributed by atoms with Gasteiger partial charge in [-0.25, -0.2) is 0 Å². The van der Waals surface area contributed by atoms with Crippen LogP contribution < -0.4 is 0 Å². The highest BCUT2D eigenvalue weighted by molar-refractivity contribution is 6.83. The van der Waals surface area contributed by atoms with E-state index in [1.54, 1.807) is 13.8 Å². The Morgan fingerprint density at radius 3 is 1.97 bits per heavy atom. The summed E-state index contributed by atoms with van der Waals surface area (Å²) < 4.78 is 2.41. The molecule has 3 rings (SSSR count). The molecule has 0 radical (unpaired) electrons. The van der Waals surface area contributed by atoms with Gasteiger partial charge in [0.05, 0.1) is 0 Å². The van der Waals surface area contributed by atoms with Crippen LogP contribution in [-0.4, -0.2) is 23.3 Å². The number of hydrogen-bond donors (Lipinski definition) is 1. The lowest BCUT2D eigenvalue weighted by atomic mass is 10.1. The first-order valence-electron chi connectivity index (χ1n) is 10.4. The Morgan fingerprint density at radius 1 is 0.931 bits per heavy atom. The van der Waals surface area contributed by atoms with Gasteiger partial charge in [0, 0.05) is 39.5 Å². The summed E-state index contributed by atoms with van der Waals surface area (Å²) in [5.41, 5.74) is 6.95. The van der Waals surface area contributed by atoms with E-state index in [1.807, 2.05) is 6.07 Å². The fourth-order valence-corrected chi connectivity index (χ4v) is 3.82. The highest BCUT2D eigenvalue weighted by Gasteiger charge is 2.12. The molecule has 0 atom stereocenters. The maximum Gasteiger partial charge on any atom is 0.129 e. The zero-order valence-corrected chi connectivity index (χ0v) is 19.5. The third-order valence-corrected chi connectivity index (χ3v) is 5.57. The third kappa shape index (κ3) is 5.33. The van der Waals surface area contributed by atoms with E-state index >= 15 is 0 Å². The van der Waals surface area contributed by atoms with Crippen molar-refractivity contribution in [1.29, 1.82) is 0 Å². The van der Waals surface area contributed by atoms with Crippen LogP contribution in [0.25, 0.3) is 21.8 Å². The van der Waals surface area contributed by atoms with Crippen LogP contribution in [0.3, 0.4) is 0 Å². The fourth-order valence-electron chi connectivity index (χ4n) is 3.30. The summed E-state index contributed by atoms with van der Waals surface area (Å²) >= 11 is 0. The highest BCUT2D eigenvalue weighted by Crippen LogP contribution is 2.31. The first kappa shape index (κ1) is 21.3. The number of aromatic nitrogens is 1. The van der Waals surface area contributed by atoms with Crippen molar-refractivity contribution in [3.63, 3.8) is 0 Å². The number of unbranched alkanes of at least 4 members (excludes halogenated alkanes) is 1. The van der Waals surface area contributed by atoms with Crippen LogP contribution in [0.5, 0.6) is 0 Å². The van der Waals surface area contributed by atoms with E-state index in [1.165, 1.54) is 21.8 Å². The van der Waals surface area contributed by atoms with Crippen molar-refractivity contribution < 1.29 is 5.11 Å². The average molecular weight is 402 g/mol. The van der Waals surface area contributed by atoms with E-state index in [0.29, 0.717) is 0 Å². The summed E-state index contributed by atoms with van der Waals surface area (Å²) in [5.74, 6) is 9.44. The molecule has 0 aliphatic heterocycles. The number of aryl methyl sites for hydroxylation is 1. The summed E-state index contributed by atoms with van der Waals surface area (Å²) in [6, 6.07) is 12.9. The first-order valence-corrected chi connectivity index (χ1v) is 13.9. The van der Waals surface area contributed by atoms with Gasteiger partial charge in [0.25, 0.3) is 0 Å². The third-order valence-electron chi connectivity index (χ3n) is 4.69. The van der Waals surface area contributed by atoms with E-state index < -0.39 is 13.7 Å². The molecule has 0 saturated heterocycles. The maximum atomic E-state index is 9.94. The van der Waals surface area contributed by atoms with E-state index in [2.05, 4.69) is 84.8 Å². The zero-order chi connectivity index (χ0) is 21.2. The van der Waals surface area contributed by atoms with Gasteiger partial charge in [0.1, 0.15) is 13.7 Å². The molecule has 29 heavy (non-hydrogen) atoms. The van der Waals surface area contributed by atoms with Crippen LogP contribution in [0, 0.1) is 23.3 Å². The molecule has 0 bridgehead atoms. The molecule has 0 unspecified atom stereocenters. The zero-order valence-electron chi connectivity index (χ0n) is 18.5. The fraction of sp³-hybridized carbons (Fsp3) is 0.385. The minimum absolute atomic E-state index is 0.924. The standard InChI is InChI=1S/C26H31NOSi/c1-7-8-16-27-24-11-9-20(13-15-26(2,3)28)18-22(24)23-19-21(10-12-25(23)27)14-17-29(4,5)6/h9-12,18-19,28H,7-8,16H2,1-6H3. The summed E-state index contributed by atoms with van der Waals surface area (Å²) in [6.07, 6.45) is 2.31. The Kier molecular flexibility index (Phi) is 5.94. The van der Waals surface area contributed by atoms with Crippen LogP contribution in [0.15, 0.2) is 36.4 Å². The molecule has 1 aromatic heterocycles. The molecule has 1 heterocycles. The monoisotopic (exact) mass is 401 g/mol. The second kappa shape index (κ2) is 8.11. The van der Waals surface area contributed by atoms with Gasteiger partial charge in [-0.15, -0.1) is 5.54 Å². The molecule has 0 amide bonds. The van der Waals surface area contributed by atoms with Crippen molar-refractivity contribution >= 4 is 29.9 Å². The molecule has 3 heteroatoms.